The first-order valence-electron chi connectivity index (χ1n) is 7.64. The minimum Gasteiger partial charge on any atom is -0.383 e. The first-order valence-corrected chi connectivity index (χ1v) is 7.64. The monoisotopic (exact) mass is 275 g/mol. The van der Waals surface area contributed by atoms with Gasteiger partial charge in [-0.05, 0) is 55.5 Å². The molecule has 0 aliphatic carbocycles. The Morgan fingerprint density at radius 3 is 2.80 bits per heavy atom. The van der Waals surface area contributed by atoms with E-state index < -0.39 is 0 Å². The van der Waals surface area contributed by atoms with E-state index in [4.69, 9.17) is 4.74 Å². The molecule has 4 nitrogen and oxygen atoms in total. The van der Waals surface area contributed by atoms with Gasteiger partial charge in [0.2, 0.25) is 0 Å². The Hall–Kier alpha value is -0.970. The highest BCUT2D eigenvalue weighted by molar-refractivity contribution is 5.11. The number of pyridine rings is 1. The Labute approximate surface area is 121 Å². The van der Waals surface area contributed by atoms with Crippen LogP contribution in [0.5, 0.6) is 0 Å². The summed E-state index contributed by atoms with van der Waals surface area (Å²) in [6.45, 7) is 5.42. The lowest BCUT2D eigenvalue weighted by atomic mass is 9.77. The highest BCUT2D eigenvalue weighted by Crippen LogP contribution is 2.42. The standard InChI is InChI=1S/C16H25N3O/c1-20-12-15-10-16(4-8-18-9-5-16)13-19(15)11-14-2-6-17-7-3-14/h2-3,6-7,15,18H,4-5,8-13H2,1H3/t15-/m1/s1. The quantitative estimate of drug-likeness (QED) is 0.907. The zero-order valence-corrected chi connectivity index (χ0v) is 12.3. The fourth-order valence-electron chi connectivity index (χ4n) is 3.84. The van der Waals surface area contributed by atoms with Crippen LogP contribution in [0.25, 0.3) is 0 Å². The molecule has 0 aromatic carbocycles. The molecule has 3 heterocycles. The van der Waals surface area contributed by atoms with Crippen molar-refractivity contribution in [3.63, 3.8) is 0 Å². The Morgan fingerprint density at radius 1 is 1.35 bits per heavy atom. The van der Waals surface area contributed by atoms with Crippen molar-refractivity contribution in [1.82, 2.24) is 15.2 Å². The lowest BCUT2D eigenvalue weighted by Gasteiger charge is -2.33. The van der Waals surface area contributed by atoms with Gasteiger partial charge in [-0.25, -0.2) is 0 Å². The van der Waals surface area contributed by atoms with E-state index >= 15 is 0 Å². The Morgan fingerprint density at radius 2 is 2.10 bits per heavy atom. The lowest BCUT2D eigenvalue weighted by Crippen LogP contribution is -2.38. The van der Waals surface area contributed by atoms with E-state index in [0.29, 0.717) is 11.5 Å². The van der Waals surface area contributed by atoms with Crippen LogP contribution in [-0.4, -0.2) is 49.3 Å². The molecule has 0 saturated carbocycles. The van der Waals surface area contributed by atoms with Crippen LogP contribution in [0.1, 0.15) is 24.8 Å². The van der Waals surface area contributed by atoms with Gasteiger partial charge in [-0.2, -0.15) is 0 Å². The number of nitrogens with zero attached hydrogens (tertiary/aromatic N) is 2. The first kappa shape index (κ1) is 14.0. The number of ether oxygens (including phenoxy) is 1. The van der Waals surface area contributed by atoms with Gasteiger partial charge in [0.05, 0.1) is 6.61 Å². The van der Waals surface area contributed by atoms with Crippen molar-refractivity contribution in [2.45, 2.75) is 31.8 Å². The SMILES string of the molecule is COC[C@H]1CC2(CCNCC2)CN1Cc1ccncc1. The molecule has 1 atom stereocenters. The zero-order chi connectivity index (χ0) is 13.8. The number of hydrogen-bond acceptors (Lipinski definition) is 4. The molecule has 2 saturated heterocycles. The summed E-state index contributed by atoms with van der Waals surface area (Å²) in [5.74, 6) is 0. The fraction of sp³-hybridized carbons (Fsp3) is 0.688. The highest BCUT2D eigenvalue weighted by atomic mass is 16.5. The second-order valence-corrected chi connectivity index (χ2v) is 6.32. The number of hydrogen-bond donors (Lipinski definition) is 1. The van der Waals surface area contributed by atoms with Crippen molar-refractivity contribution in [3.8, 4) is 0 Å². The summed E-state index contributed by atoms with van der Waals surface area (Å²) in [6.07, 6.45) is 7.67. The van der Waals surface area contributed by atoms with E-state index in [1.807, 2.05) is 19.5 Å². The largest absolute Gasteiger partial charge is 0.383 e. The molecule has 1 spiro atoms. The van der Waals surface area contributed by atoms with Gasteiger partial charge < -0.3 is 10.1 Å². The molecule has 0 amide bonds. The smallest absolute Gasteiger partial charge is 0.0618 e. The molecule has 2 fully saturated rings. The average molecular weight is 275 g/mol. The van der Waals surface area contributed by atoms with Crippen LogP contribution in [-0.2, 0) is 11.3 Å². The van der Waals surface area contributed by atoms with Gasteiger partial charge in [-0.15, -0.1) is 0 Å². The third-order valence-corrected chi connectivity index (χ3v) is 4.88. The molecule has 2 aliphatic heterocycles. The molecule has 1 N–H and O–H groups in total. The molecule has 1 aromatic rings. The third-order valence-electron chi connectivity index (χ3n) is 4.88. The van der Waals surface area contributed by atoms with Crippen LogP contribution in [0.3, 0.4) is 0 Å². The summed E-state index contributed by atoms with van der Waals surface area (Å²) in [5.41, 5.74) is 1.87. The Balaban J connectivity index is 1.70. The van der Waals surface area contributed by atoms with Gasteiger partial charge in [-0.3, -0.25) is 9.88 Å². The maximum atomic E-state index is 5.46. The summed E-state index contributed by atoms with van der Waals surface area (Å²) in [7, 11) is 1.82. The van der Waals surface area contributed by atoms with Gasteiger partial charge >= 0.3 is 0 Å². The highest BCUT2D eigenvalue weighted by Gasteiger charge is 2.44. The van der Waals surface area contributed by atoms with Gasteiger partial charge in [0.15, 0.2) is 0 Å². The number of rotatable bonds is 4. The molecule has 3 rings (SSSR count). The minimum atomic E-state index is 0.515. The summed E-state index contributed by atoms with van der Waals surface area (Å²) in [6, 6.07) is 4.81. The van der Waals surface area contributed by atoms with Crippen LogP contribution >= 0.6 is 0 Å². The summed E-state index contributed by atoms with van der Waals surface area (Å²) >= 11 is 0. The molecule has 20 heavy (non-hydrogen) atoms. The molecule has 0 bridgehead atoms. The maximum Gasteiger partial charge on any atom is 0.0618 e. The van der Waals surface area contributed by atoms with Crippen LogP contribution < -0.4 is 5.32 Å². The average Bonchev–Trinajstić information content (AvgIpc) is 2.78. The van der Waals surface area contributed by atoms with E-state index in [9.17, 15) is 0 Å². The Bertz CT molecular complexity index is 417. The number of aromatic nitrogens is 1. The van der Waals surface area contributed by atoms with Crippen LogP contribution in [0.2, 0.25) is 0 Å². The number of nitrogens with one attached hydrogen (secondary N) is 1. The fourth-order valence-corrected chi connectivity index (χ4v) is 3.84. The second-order valence-electron chi connectivity index (χ2n) is 6.32. The minimum absolute atomic E-state index is 0.515. The molecule has 2 aliphatic rings. The first-order chi connectivity index (χ1) is 9.81. The maximum absolute atomic E-state index is 5.46. The van der Waals surface area contributed by atoms with Gasteiger partial charge in [-0.1, -0.05) is 0 Å². The van der Waals surface area contributed by atoms with Crippen LogP contribution in [0.15, 0.2) is 24.5 Å². The number of piperidine rings is 1. The number of likely N-dealkylation sites (tertiary alicyclic amines) is 1. The van der Waals surface area contributed by atoms with E-state index in [2.05, 4.69) is 27.3 Å². The van der Waals surface area contributed by atoms with Crippen molar-refractivity contribution in [1.29, 1.82) is 0 Å². The normalized spacial score (nSPS) is 26.1. The van der Waals surface area contributed by atoms with Gasteiger partial charge in [0.1, 0.15) is 0 Å². The molecule has 0 unspecified atom stereocenters. The van der Waals surface area contributed by atoms with Crippen molar-refractivity contribution < 1.29 is 4.74 Å². The molecular weight excluding hydrogens is 250 g/mol. The van der Waals surface area contributed by atoms with E-state index in [1.165, 1.54) is 44.5 Å². The topological polar surface area (TPSA) is 37.4 Å². The predicted molar refractivity (Wildman–Crippen MR) is 79.5 cm³/mol. The third kappa shape index (κ3) is 3.03. The summed E-state index contributed by atoms with van der Waals surface area (Å²) in [5, 5.41) is 3.49. The van der Waals surface area contributed by atoms with Crippen LogP contribution in [0.4, 0.5) is 0 Å². The van der Waals surface area contributed by atoms with Crippen molar-refractivity contribution in [2.24, 2.45) is 5.41 Å². The van der Waals surface area contributed by atoms with E-state index in [0.717, 1.165) is 13.2 Å². The summed E-state index contributed by atoms with van der Waals surface area (Å²) in [4.78, 5) is 6.72. The Kier molecular flexibility index (Phi) is 4.34. The predicted octanol–water partition coefficient (Wildman–Crippen LogP) is 1.67. The molecule has 4 heteroatoms. The molecule has 110 valence electrons. The van der Waals surface area contributed by atoms with E-state index in [-0.39, 0.29) is 0 Å². The van der Waals surface area contributed by atoms with Crippen LogP contribution in [0, 0.1) is 5.41 Å². The van der Waals surface area contributed by atoms with Gasteiger partial charge in [0, 0.05) is 38.6 Å². The summed E-state index contributed by atoms with van der Waals surface area (Å²) < 4.78 is 5.46. The number of methoxy groups -OCH3 is 1. The molecule has 0 radical (unpaired) electrons. The lowest BCUT2D eigenvalue weighted by molar-refractivity contribution is 0.111. The van der Waals surface area contributed by atoms with Crippen molar-refractivity contribution in [3.05, 3.63) is 30.1 Å². The molecular formula is C16H25N3O. The second kappa shape index (κ2) is 6.20. The van der Waals surface area contributed by atoms with Crippen molar-refractivity contribution in [2.75, 3.05) is 33.4 Å². The van der Waals surface area contributed by atoms with E-state index in [1.54, 1.807) is 0 Å². The zero-order valence-electron chi connectivity index (χ0n) is 12.3. The van der Waals surface area contributed by atoms with Crippen molar-refractivity contribution >= 4 is 0 Å². The van der Waals surface area contributed by atoms with Gasteiger partial charge in [0.25, 0.3) is 0 Å². The molecule has 1 aromatic heterocycles.